The molecule has 5 nitrogen and oxygen atoms in total. The zero-order chi connectivity index (χ0) is 17.0. The molecule has 1 aromatic carbocycles. The maximum atomic E-state index is 12.1. The van der Waals surface area contributed by atoms with Gasteiger partial charge in [0.05, 0.1) is 0 Å². The molecule has 1 aliphatic rings. The van der Waals surface area contributed by atoms with Crippen LogP contribution in [0.1, 0.15) is 44.9 Å². The van der Waals surface area contributed by atoms with Crippen LogP contribution in [0.15, 0.2) is 24.3 Å². The molecule has 1 amide bonds. The minimum absolute atomic E-state index is 0.0708. The third kappa shape index (κ3) is 5.52. The number of benzene rings is 1. The minimum Gasteiger partial charge on any atom is -0.444 e. The van der Waals surface area contributed by atoms with Gasteiger partial charge in [-0.25, -0.2) is 4.79 Å². The van der Waals surface area contributed by atoms with E-state index < -0.39 is 5.60 Å². The number of piperazine rings is 1. The lowest BCUT2D eigenvalue weighted by atomic mass is 10.1. The third-order valence-corrected chi connectivity index (χ3v) is 3.94. The van der Waals surface area contributed by atoms with Crippen LogP contribution in [0.3, 0.4) is 0 Å². The van der Waals surface area contributed by atoms with E-state index in [2.05, 4.69) is 29.2 Å². The molecule has 2 rings (SSSR count). The summed E-state index contributed by atoms with van der Waals surface area (Å²) >= 11 is 0. The summed E-state index contributed by atoms with van der Waals surface area (Å²) in [6, 6.07) is 8.53. The van der Waals surface area contributed by atoms with Gasteiger partial charge in [-0.05, 0) is 38.8 Å². The first-order chi connectivity index (χ1) is 10.7. The van der Waals surface area contributed by atoms with Crippen LogP contribution in [0.4, 0.5) is 4.79 Å². The maximum absolute atomic E-state index is 12.1. The van der Waals surface area contributed by atoms with E-state index in [1.165, 1.54) is 5.56 Å². The van der Waals surface area contributed by atoms with Crippen LogP contribution in [0, 0.1) is 0 Å². The molecule has 5 heteroatoms. The summed E-state index contributed by atoms with van der Waals surface area (Å²) < 4.78 is 5.42. The first-order valence-electron chi connectivity index (χ1n) is 8.29. The van der Waals surface area contributed by atoms with E-state index in [9.17, 15) is 4.79 Å². The van der Waals surface area contributed by atoms with E-state index in [-0.39, 0.29) is 12.1 Å². The van der Waals surface area contributed by atoms with Crippen LogP contribution < -0.4 is 5.73 Å². The van der Waals surface area contributed by atoms with Crippen LogP contribution in [-0.4, -0.2) is 47.7 Å². The number of hydrogen-bond donors (Lipinski definition) is 1. The molecule has 0 aromatic heterocycles. The van der Waals surface area contributed by atoms with Gasteiger partial charge in [-0.2, -0.15) is 0 Å². The van der Waals surface area contributed by atoms with Crippen molar-refractivity contribution in [2.75, 3.05) is 26.2 Å². The predicted octanol–water partition coefficient (Wildman–Crippen LogP) is 2.76. The van der Waals surface area contributed by atoms with E-state index in [4.69, 9.17) is 10.5 Å². The number of ether oxygens (including phenoxy) is 1. The van der Waals surface area contributed by atoms with E-state index in [0.29, 0.717) is 13.1 Å². The number of amides is 1. The Morgan fingerprint density at radius 2 is 1.74 bits per heavy atom. The number of carbonyl (C=O) groups is 1. The summed E-state index contributed by atoms with van der Waals surface area (Å²) in [5.74, 6) is 0. The Morgan fingerprint density at radius 1 is 1.17 bits per heavy atom. The average Bonchev–Trinajstić information content (AvgIpc) is 2.46. The fourth-order valence-electron chi connectivity index (χ4n) is 2.60. The number of nitrogens with two attached hydrogens (primary N) is 1. The molecular formula is C18H29N3O2. The van der Waals surface area contributed by atoms with Crippen molar-refractivity contribution in [3.63, 3.8) is 0 Å². The largest absolute Gasteiger partial charge is 0.444 e. The van der Waals surface area contributed by atoms with Crippen molar-refractivity contribution in [2.24, 2.45) is 5.73 Å². The lowest BCUT2D eigenvalue weighted by Gasteiger charge is -2.35. The molecule has 0 spiro atoms. The Hall–Kier alpha value is -1.59. The third-order valence-electron chi connectivity index (χ3n) is 3.94. The Morgan fingerprint density at radius 3 is 2.22 bits per heavy atom. The Kier molecular flexibility index (Phi) is 5.65. The van der Waals surface area contributed by atoms with E-state index in [1.54, 1.807) is 4.90 Å². The lowest BCUT2D eigenvalue weighted by Crippen LogP contribution is -2.49. The van der Waals surface area contributed by atoms with E-state index >= 15 is 0 Å². The molecule has 1 saturated heterocycles. The zero-order valence-corrected chi connectivity index (χ0v) is 14.7. The summed E-state index contributed by atoms with van der Waals surface area (Å²) in [4.78, 5) is 16.2. The Labute approximate surface area is 139 Å². The van der Waals surface area contributed by atoms with Crippen molar-refractivity contribution in [3.8, 4) is 0 Å². The normalized spacial score (nSPS) is 17.9. The van der Waals surface area contributed by atoms with Gasteiger partial charge in [0, 0.05) is 38.8 Å². The highest BCUT2D eigenvalue weighted by Gasteiger charge is 2.25. The highest BCUT2D eigenvalue weighted by atomic mass is 16.6. The summed E-state index contributed by atoms with van der Waals surface area (Å²) in [5, 5.41) is 0. The van der Waals surface area contributed by atoms with Gasteiger partial charge in [-0.3, -0.25) is 4.90 Å². The lowest BCUT2D eigenvalue weighted by molar-refractivity contribution is 0.0139. The second kappa shape index (κ2) is 7.32. The highest BCUT2D eigenvalue weighted by Crippen LogP contribution is 2.15. The molecular weight excluding hydrogens is 290 g/mol. The van der Waals surface area contributed by atoms with E-state index in [1.807, 2.05) is 27.7 Å². The van der Waals surface area contributed by atoms with Crippen LogP contribution in [0.5, 0.6) is 0 Å². The summed E-state index contributed by atoms with van der Waals surface area (Å²) in [6.07, 6.45) is -0.210. The molecule has 1 fully saturated rings. The molecule has 2 N–H and O–H groups in total. The molecule has 0 aliphatic carbocycles. The van der Waals surface area contributed by atoms with Crippen molar-refractivity contribution in [3.05, 3.63) is 35.4 Å². The minimum atomic E-state index is -0.434. The smallest absolute Gasteiger partial charge is 0.410 e. The first-order valence-corrected chi connectivity index (χ1v) is 8.29. The SMILES string of the molecule is CC(N)c1ccc(CN2CCN(C(=O)OC(C)(C)C)CC2)cc1. The molecule has 1 aromatic rings. The quantitative estimate of drug-likeness (QED) is 0.930. The van der Waals surface area contributed by atoms with Gasteiger partial charge in [0.15, 0.2) is 0 Å². The second-order valence-electron chi connectivity index (χ2n) is 7.27. The summed E-state index contributed by atoms with van der Waals surface area (Å²) in [6.45, 7) is 11.8. The molecule has 1 atom stereocenters. The fourth-order valence-corrected chi connectivity index (χ4v) is 2.60. The number of hydrogen-bond acceptors (Lipinski definition) is 4. The van der Waals surface area contributed by atoms with Gasteiger partial charge >= 0.3 is 6.09 Å². The van der Waals surface area contributed by atoms with Crippen molar-refractivity contribution >= 4 is 6.09 Å². The van der Waals surface area contributed by atoms with Crippen LogP contribution in [-0.2, 0) is 11.3 Å². The summed E-state index contributed by atoms with van der Waals surface area (Å²) in [5.41, 5.74) is 7.88. The molecule has 128 valence electrons. The van der Waals surface area contributed by atoms with E-state index in [0.717, 1.165) is 25.2 Å². The second-order valence-corrected chi connectivity index (χ2v) is 7.27. The number of nitrogens with zero attached hydrogens (tertiary/aromatic N) is 2. The molecule has 1 aliphatic heterocycles. The van der Waals surface area contributed by atoms with Gasteiger partial charge in [0.1, 0.15) is 5.60 Å². The topological polar surface area (TPSA) is 58.8 Å². The van der Waals surface area contributed by atoms with Crippen molar-refractivity contribution < 1.29 is 9.53 Å². The van der Waals surface area contributed by atoms with Gasteiger partial charge in [0.2, 0.25) is 0 Å². The molecule has 0 saturated carbocycles. The Bertz CT molecular complexity index is 512. The molecule has 1 heterocycles. The highest BCUT2D eigenvalue weighted by molar-refractivity contribution is 5.68. The molecule has 0 radical (unpaired) electrons. The maximum Gasteiger partial charge on any atom is 0.410 e. The van der Waals surface area contributed by atoms with Gasteiger partial charge < -0.3 is 15.4 Å². The van der Waals surface area contributed by atoms with Crippen LogP contribution >= 0.6 is 0 Å². The average molecular weight is 319 g/mol. The molecule has 0 bridgehead atoms. The van der Waals surface area contributed by atoms with Gasteiger partial charge in [-0.1, -0.05) is 24.3 Å². The molecule has 23 heavy (non-hydrogen) atoms. The predicted molar refractivity (Wildman–Crippen MR) is 92.1 cm³/mol. The van der Waals surface area contributed by atoms with Crippen molar-refractivity contribution in [2.45, 2.75) is 45.9 Å². The van der Waals surface area contributed by atoms with Gasteiger partial charge in [-0.15, -0.1) is 0 Å². The Balaban J connectivity index is 1.81. The summed E-state index contributed by atoms with van der Waals surface area (Å²) in [7, 11) is 0. The van der Waals surface area contributed by atoms with Crippen LogP contribution in [0.25, 0.3) is 0 Å². The van der Waals surface area contributed by atoms with Gasteiger partial charge in [0.25, 0.3) is 0 Å². The fraction of sp³-hybridized carbons (Fsp3) is 0.611. The first kappa shape index (κ1) is 17.8. The molecule has 1 unspecified atom stereocenters. The zero-order valence-electron chi connectivity index (χ0n) is 14.7. The van der Waals surface area contributed by atoms with Crippen molar-refractivity contribution in [1.82, 2.24) is 9.80 Å². The van der Waals surface area contributed by atoms with Crippen molar-refractivity contribution in [1.29, 1.82) is 0 Å². The number of carbonyl (C=O) groups excluding carboxylic acids is 1. The number of rotatable bonds is 3. The monoisotopic (exact) mass is 319 g/mol. The standard InChI is InChI=1S/C18H29N3O2/c1-14(19)16-7-5-15(6-8-16)13-20-9-11-21(12-10-20)17(22)23-18(2,3)4/h5-8,14H,9-13,19H2,1-4H3. The van der Waals surface area contributed by atoms with Crippen LogP contribution in [0.2, 0.25) is 0 Å².